The van der Waals surface area contributed by atoms with Gasteiger partial charge in [0, 0.05) is 10.8 Å². The van der Waals surface area contributed by atoms with Crippen molar-refractivity contribution in [3.05, 3.63) is 36.0 Å². The van der Waals surface area contributed by atoms with E-state index < -0.39 is 24.3 Å². The number of aromatic nitrogens is 2. The molecule has 1 aromatic carbocycles. The number of hydrogen-bond acceptors (Lipinski definition) is 7. The smallest absolute Gasteiger partial charge is 0.433 e. The van der Waals surface area contributed by atoms with Crippen molar-refractivity contribution >= 4 is 11.8 Å². The lowest BCUT2D eigenvalue weighted by Gasteiger charge is -2.30. The molecule has 1 aromatic heterocycles. The maximum absolute atomic E-state index is 13.4. The Bertz CT molecular complexity index is 850. The van der Waals surface area contributed by atoms with Crippen LogP contribution >= 0.6 is 11.8 Å². The Kier molecular flexibility index (Phi) is 5.21. The molecule has 2 fully saturated rings. The Morgan fingerprint density at radius 3 is 2.64 bits per heavy atom. The van der Waals surface area contributed by atoms with Crippen molar-refractivity contribution in [2.24, 2.45) is 0 Å². The van der Waals surface area contributed by atoms with E-state index in [1.54, 1.807) is 24.3 Å². The SMILES string of the molecule is COc1ccc(-c2cc(C(F)(F)F)nc(S[C@@H]3C[C@@H](O)[C@H]4OC[C@@H]3O4)n2)cc1. The van der Waals surface area contributed by atoms with Crippen molar-refractivity contribution in [2.75, 3.05) is 13.7 Å². The largest absolute Gasteiger partial charge is 0.497 e. The fourth-order valence-corrected chi connectivity index (χ4v) is 4.29. The lowest BCUT2D eigenvalue weighted by atomic mass is 10.1. The van der Waals surface area contributed by atoms with E-state index in [1.807, 2.05) is 0 Å². The molecule has 6 nitrogen and oxygen atoms in total. The predicted octanol–water partition coefficient (Wildman–Crippen LogP) is 3.14. The number of benzene rings is 1. The molecule has 2 saturated heterocycles. The zero-order chi connectivity index (χ0) is 19.9. The molecule has 4 rings (SSSR count). The number of aliphatic hydroxyl groups excluding tert-OH is 1. The highest BCUT2D eigenvalue weighted by atomic mass is 32.2. The molecule has 10 heteroatoms. The van der Waals surface area contributed by atoms with Gasteiger partial charge < -0.3 is 19.3 Å². The third-order valence-electron chi connectivity index (χ3n) is 4.57. The summed E-state index contributed by atoms with van der Waals surface area (Å²) in [5.74, 6) is 0.590. The summed E-state index contributed by atoms with van der Waals surface area (Å²) in [6, 6.07) is 7.50. The molecule has 3 heterocycles. The summed E-state index contributed by atoms with van der Waals surface area (Å²) in [7, 11) is 1.51. The first-order valence-corrected chi connectivity index (χ1v) is 9.44. The zero-order valence-electron chi connectivity index (χ0n) is 14.7. The van der Waals surface area contributed by atoms with Gasteiger partial charge in [-0.3, -0.25) is 0 Å². The minimum atomic E-state index is -4.61. The number of ether oxygens (including phenoxy) is 3. The molecule has 1 N–H and O–H groups in total. The first-order valence-electron chi connectivity index (χ1n) is 8.56. The number of methoxy groups -OCH3 is 1. The van der Waals surface area contributed by atoms with Crippen LogP contribution in [0.5, 0.6) is 5.75 Å². The monoisotopic (exact) mass is 414 g/mol. The Morgan fingerprint density at radius 1 is 1.21 bits per heavy atom. The van der Waals surface area contributed by atoms with Crippen LogP contribution in [0.1, 0.15) is 12.1 Å². The first-order chi connectivity index (χ1) is 13.3. The van der Waals surface area contributed by atoms with Gasteiger partial charge in [0.25, 0.3) is 0 Å². The number of rotatable bonds is 4. The molecule has 0 radical (unpaired) electrons. The summed E-state index contributed by atoms with van der Waals surface area (Å²) in [5.41, 5.74) is -0.348. The quantitative estimate of drug-likeness (QED) is 0.771. The Labute approximate surface area is 163 Å². The van der Waals surface area contributed by atoms with Gasteiger partial charge >= 0.3 is 6.18 Å². The van der Waals surface area contributed by atoms with E-state index in [2.05, 4.69) is 9.97 Å². The normalized spacial score (nSPS) is 27.0. The van der Waals surface area contributed by atoms with E-state index in [-0.39, 0.29) is 28.8 Å². The molecule has 0 saturated carbocycles. The molecule has 0 spiro atoms. The molecule has 0 aliphatic carbocycles. The molecule has 150 valence electrons. The fourth-order valence-electron chi connectivity index (χ4n) is 3.13. The van der Waals surface area contributed by atoms with Crippen molar-refractivity contribution in [3.8, 4) is 17.0 Å². The molecule has 4 atom stereocenters. The Hall–Kier alpha value is -1.88. The van der Waals surface area contributed by atoms with Crippen LogP contribution in [0.3, 0.4) is 0 Å². The topological polar surface area (TPSA) is 73.7 Å². The average Bonchev–Trinajstić information content (AvgIpc) is 3.11. The van der Waals surface area contributed by atoms with Gasteiger partial charge in [-0.15, -0.1) is 0 Å². The fraction of sp³-hybridized carbons (Fsp3) is 0.444. The van der Waals surface area contributed by atoms with Gasteiger partial charge in [-0.05, 0) is 36.8 Å². The van der Waals surface area contributed by atoms with Crippen molar-refractivity contribution in [2.45, 2.75) is 41.5 Å². The van der Waals surface area contributed by atoms with Crippen LogP contribution in [0.15, 0.2) is 35.5 Å². The summed E-state index contributed by atoms with van der Waals surface area (Å²) in [5, 5.41) is 9.69. The van der Waals surface area contributed by atoms with Gasteiger partial charge in [-0.2, -0.15) is 13.2 Å². The molecule has 2 bridgehead atoms. The van der Waals surface area contributed by atoms with Crippen LogP contribution in [-0.2, 0) is 15.7 Å². The van der Waals surface area contributed by atoms with Crippen LogP contribution in [0, 0.1) is 0 Å². The van der Waals surface area contributed by atoms with E-state index >= 15 is 0 Å². The standard InChI is InChI=1S/C18H17F3N2O4S/c1-25-10-4-2-9(3-5-10)11-6-15(18(19,20)21)23-17(22-11)28-14-7-12(24)16-26-8-13(14)27-16/h2-6,12-14,16,24H,7-8H2,1H3/t12-,13+,14-,16+/m1/s1. The van der Waals surface area contributed by atoms with Gasteiger partial charge in [-0.25, -0.2) is 9.97 Å². The minimum Gasteiger partial charge on any atom is -0.497 e. The second kappa shape index (κ2) is 7.51. The van der Waals surface area contributed by atoms with Crippen LogP contribution in [0.25, 0.3) is 11.3 Å². The molecule has 2 aliphatic heterocycles. The number of fused-ring (bicyclic) bond motifs is 2. The van der Waals surface area contributed by atoms with Crippen molar-refractivity contribution in [1.82, 2.24) is 9.97 Å². The first kappa shape index (κ1) is 19.4. The lowest BCUT2D eigenvalue weighted by Crippen LogP contribution is -2.40. The highest BCUT2D eigenvalue weighted by molar-refractivity contribution is 7.99. The summed E-state index contributed by atoms with van der Waals surface area (Å²) in [6.07, 6.45) is -6.09. The third kappa shape index (κ3) is 3.95. The second-order valence-electron chi connectivity index (χ2n) is 6.48. The number of halogens is 3. The molecular weight excluding hydrogens is 397 g/mol. The number of aliphatic hydroxyl groups is 1. The van der Waals surface area contributed by atoms with Crippen LogP contribution < -0.4 is 4.74 Å². The molecular formula is C18H17F3N2O4S. The average molecular weight is 414 g/mol. The van der Waals surface area contributed by atoms with Gasteiger partial charge in [0.2, 0.25) is 0 Å². The van der Waals surface area contributed by atoms with E-state index in [0.29, 0.717) is 17.7 Å². The van der Waals surface area contributed by atoms with Crippen molar-refractivity contribution < 1.29 is 32.5 Å². The van der Waals surface area contributed by atoms with Crippen molar-refractivity contribution in [1.29, 1.82) is 0 Å². The maximum Gasteiger partial charge on any atom is 0.433 e. The van der Waals surface area contributed by atoms with Crippen LogP contribution in [0.2, 0.25) is 0 Å². The van der Waals surface area contributed by atoms with Crippen LogP contribution in [-0.4, -0.2) is 52.5 Å². The number of alkyl halides is 3. The lowest BCUT2D eigenvalue weighted by molar-refractivity contribution is -0.150. The highest BCUT2D eigenvalue weighted by Crippen LogP contribution is 2.39. The number of nitrogens with zero attached hydrogens (tertiary/aromatic N) is 2. The summed E-state index contributed by atoms with van der Waals surface area (Å²) in [4.78, 5) is 8.00. The Morgan fingerprint density at radius 2 is 1.96 bits per heavy atom. The molecule has 2 aromatic rings. The second-order valence-corrected chi connectivity index (χ2v) is 7.69. The summed E-state index contributed by atoms with van der Waals surface area (Å²) < 4.78 is 56.1. The molecule has 0 unspecified atom stereocenters. The highest BCUT2D eigenvalue weighted by Gasteiger charge is 2.44. The van der Waals surface area contributed by atoms with E-state index in [0.717, 1.165) is 17.8 Å². The predicted molar refractivity (Wildman–Crippen MR) is 93.9 cm³/mol. The van der Waals surface area contributed by atoms with Gasteiger partial charge in [0.1, 0.15) is 17.5 Å². The van der Waals surface area contributed by atoms with E-state index in [9.17, 15) is 18.3 Å². The molecule has 2 aliphatic rings. The van der Waals surface area contributed by atoms with Crippen molar-refractivity contribution in [3.63, 3.8) is 0 Å². The molecule has 28 heavy (non-hydrogen) atoms. The minimum absolute atomic E-state index is 0.0215. The van der Waals surface area contributed by atoms with Gasteiger partial charge in [0.05, 0.1) is 25.5 Å². The summed E-state index contributed by atoms with van der Waals surface area (Å²) >= 11 is 1.06. The summed E-state index contributed by atoms with van der Waals surface area (Å²) in [6.45, 7) is 0.281. The zero-order valence-corrected chi connectivity index (χ0v) is 15.5. The Balaban J connectivity index is 1.66. The van der Waals surface area contributed by atoms with E-state index in [4.69, 9.17) is 14.2 Å². The van der Waals surface area contributed by atoms with Gasteiger partial charge in [0.15, 0.2) is 11.4 Å². The maximum atomic E-state index is 13.4. The number of thioether (sulfide) groups is 1. The number of hydrogen-bond donors (Lipinski definition) is 1. The van der Waals surface area contributed by atoms with E-state index in [1.165, 1.54) is 7.11 Å². The van der Waals surface area contributed by atoms with Gasteiger partial charge in [-0.1, -0.05) is 11.8 Å². The van der Waals surface area contributed by atoms with Crippen LogP contribution in [0.4, 0.5) is 13.2 Å². The molecule has 0 amide bonds. The third-order valence-corrected chi connectivity index (χ3v) is 5.77.